The lowest BCUT2D eigenvalue weighted by atomic mass is 10.2. The van der Waals surface area contributed by atoms with Crippen LogP contribution in [0.4, 0.5) is 11.5 Å². The van der Waals surface area contributed by atoms with E-state index in [1.165, 1.54) is 6.33 Å². The minimum atomic E-state index is 0.427. The zero-order chi connectivity index (χ0) is 13.4. The number of nitrogens with zero attached hydrogens (tertiary/aromatic N) is 4. The van der Waals surface area contributed by atoms with Crippen LogP contribution >= 0.6 is 11.6 Å². The van der Waals surface area contributed by atoms with Gasteiger partial charge in [-0.1, -0.05) is 29.8 Å². The summed E-state index contributed by atoms with van der Waals surface area (Å²) in [6, 6.07) is 8.02. The van der Waals surface area contributed by atoms with Gasteiger partial charge >= 0.3 is 0 Å². The molecule has 96 valence electrons. The largest absolute Gasteiger partial charge is 0.340 e. The number of fused-ring (bicyclic) bond motifs is 1. The number of hydrogen-bond acceptors (Lipinski definition) is 4. The minimum absolute atomic E-state index is 0.427. The van der Waals surface area contributed by atoms with E-state index in [2.05, 4.69) is 20.4 Å². The van der Waals surface area contributed by atoms with Gasteiger partial charge in [-0.2, -0.15) is 19.6 Å². The molecule has 2 heterocycles. The number of aromatic nitrogens is 4. The van der Waals surface area contributed by atoms with E-state index in [0.29, 0.717) is 10.9 Å². The Kier molecular flexibility index (Phi) is 2.83. The van der Waals surface area contributed by atoms with Crippen LogP contribution in [0, 0.1) is 13.8 Å². The number of nitrogens with one attached hydrogen (secondary N) is 1. The molecule has 1 aromatic carbocycles. The Morgan fingerprint density at radius 3 is 2.79 bits per heavy atom. The summed E-state index contributed by atoms with van der Waals surface area (Å²) >= 11 is 6.12. The van der Waals surface area contributed by atoms with E-state index in [4.69, 9.17) is 11.6 Å². The molecule has 0 fully saturated rings. The fourth-order valence-electron chi connectivity index (χ4n) is 1.89. The first-order chi connectivity index (χ1) is 9.16. The molecule has 0 amide bonds. The Balaban J connectivity index is 2.17. The maximum atomic E-state index is 6.12. The van der Waals surface area contributed by atoms with E-state index >= 15 is 0 Å². The number of para-hydroxylation sites is 1. The molecular weight excluding hydrogens is 262 g/mol. The molecule has 0 unspecified atom stereocenters. The normalized spacial score (nSPS) is 10.9. The highest BCUT2D eigenvalue weighted by molar-refractivity contribution is 6.30. The van der Waals surface area contributed by atoms with Gasteiger partial charge < -0.3 is 5.32 Å². The van der Waals surface area contributed by atoms with Crippen molar-refractivity contribution in [3.8, 4) is 0 Å². The number of rotatable bonds is 2. The van der Waals surface area contributed by atoms with Crippen molar-refractivity contribution in [3.05, 3.63) is 46.9 Å². The standard InChI is InChI=1S/C13H12ClN5/c1-8-5-3-4-6-10(8)17-12-9(2)11(14)18-13-15-7-16-19(12)13/h3-7,17H,1-2H3. The second-order valence-electron chi connectivity index (χ2n) is 4.29. The number of anilines is 2. The van der Waals surface area contributed by atoms with Gasteiger partial charge in [0.05, 0.1) is 0 Å². The van der Waals surface area contributed by atoms with Crippen molar-refractivity contribution in [2.45, 2.75) is 13.8 Å². The summed E-state index contributed by atoms with van der Waals surface area (Å²) in [5.74, 6) is 1.26. The maximum Gasteiger partial charge on any atom is 0.255 e. The number of hydrogen-bond donors (Lipinski definition) is 1. The average Bonchev–Trinajstić information content (AvgIpc) is 2.85. The smallest absolute Gasteiger partial charge is 0.255 e. The second kappa shape index (κ2) is 4.51. The van der Waals surface area contributed by atoms with E-state index in [0.717, 1.165) is 22.6 Å². The Morgan fingerprint density at radius 2 is 2.00 bits per heavy atom. The van der Waals surface area contributed by atoms with Crippen LogP contribution in [0.15, 0.2) is 30.6 Å². The summed E-state index contributed by atoms with van der Waals surface area (Å²) in [5, 5.41) is 7.94. The molecule has 19 heavy (non-hydrogen) atoms. The Morgan fingerprint density at radius 1 is 1.21 bits per heavy atom. The predicted octanol–water partition coefficient (Wildman–Crippen LogP) is 3.14. The second-order valence-corrected chi connectivity index (χ2v) is 4.65. The quantitative estimate of drug-likeness (QED) is 0.729. The molecular formula is C13H12ClN5. The van der Waals surface area contributed by atoms with Gasteiger partial charge in [-0.3, -0.25) is 0 Å². The van der Waals surface area contributed by atoms with Crippen LogP contribution in [0.2, 0.25) is 5.15 Å². The third-order valence-electron chi connectivity index (χ3n) is 3.00. The van der Waals surface area contributed by atoms with Crippen molar-refractivity contribution in [2.75, 3.05) is 5.32 Å². The molecule has 0 saturated heterocycles. The molecule has 3 rings (SSSR count). The van der Waals surface area contributed by atoms with Crippen LogP contribution in [-0.4, -0.2) is 19.6 Å². The predicted molar refractivity (Wildman–Crippen MR) is 75.0 cm³/mol. The van der Waals surface area contributed by atoms with Crippen LogP contribution in [0.1, 0.15) is 11.1 Å². The summed E-state index contributed by atoms with van der Waals surface area (Å²) in [6.45, 7) is 3.94. The van der Waals surface area contributed by atoms with Crippen LogP contribution in [0.5, 0.6) is 0 Å². The molecule has 3 aromatic rings. The molecule has 5 nitrogen and oxygen atoms in total. The van der Waals surface area contributed by atoms with Crippen molar-refractivity contribution < 1.29 is 0 Å². The molecule has 0 bridgehead atoms. The lowest BCUT2D eigenvalue weighted by Gasteiger charge is -2.13. The van der Waals surface area contributed by atoms with Crippen LogP contribution in [-0.2, 0) is 0 Å². The third-order valence-corrected chi connectivity index (χ3v) is 3.37. The van der Waals surface area contributed by atoms with Crippen LogP contribution in [0.3, 0.4) is 0 Å². The molecule has 1 N–H and O–H groups in total. The SMILES string of the molecule is Cc1ccccc1Nc1c(C)c(Cl)nc2ncnn12. The zero-order valence-electron chi connectivity index (χ0n) is 10.6. The van der Waals surface area contributed by atoms with Gasteiger partial charge in [0.1, 0.15) is 17.3 Å². The Labute approximate surface area is 115 Å². The number of aryl methyl sites for hydroxylation is 1. The van der Waals surface area contributed by atoms with Crippen molar-refractivity contribution in [1.29, 1.82) is 0 Å². The topological polar surface area (TPSA) is 55.1 Å². The van der Waals surface area contributed by atoms with Gasteiger partial charge in [-0.05, 0) is 25.5 Å². The van der Waals surface area contributed by atoms with E-state index in [9.17, 15) is 0 Å². The Hall–Kier alpha value is -2.14. The first-order valence-corrected chi connectivity index (χ1v) is 6.23. The van der Waals surface area contributed by atoms with E-state index in [1.54, 1.807) is 4.52 Å². The van der Waals surface area contributed by atoms with Crippen molar-refractivity contribution in [1.82, 2.24) is 19.6 Å². The molecule has 0 atom stereocenters. The third kappa shape index (κ3) is 2.02. The average molecular weight is 274 g/mol. The zero-order valence-corrected chi connectivity index (χ0v) is 11.3. The molecule has 0 saturated carbocycles. The number of halogens is 1. The molecule has 2 aromatic heterocycles. The highest BCUT2D eigenvalue weighted by atomic mass is 35.5. The lowest BCUT2D eigenvalue weighted by molar-refractivity contribution is 0.936. The highest BCUT2D eigenvalue weighted by Gasteiger charge is 2.12. The number of benzene rings is 1. The maximum absolute atomic E-state index is 6.12. The van der Waals surface area contributed by atoms with Gasteiger partial charge in [-0.25, -0.2) is 0 Å². The van der Waals surface area contributed by atoms with E-state index in [-0.39, 0.29) is 0 Å². The fraction of sp³-hybridized carbons (Fsp3) is 0.154. The van der Waals surface area contributed by atoms with Crippen LogP contribution < -0.4 is 5.32 Å². The van der Waals surface area contributed by atoms with Crippen molar-refractivity contribution in [3.63, 3.8) is 0 Å². The molecule has 0 spiro atoms. The fourth-order valence-corrected chi connectivity index (χ4v) is 2.05. The summed E-state index contributed by atoms with van der Waals surface area (Å²) in [6.07, 6.45) is 1.46. The molecule has 0 aliphatic carbocycles. The Bertz CT molecular complexity index is 750. The van der Waals surface area contributed by atoms with Gasteiger partial charge in [0, 0.05) is 11.3 Å². The lowest BCUT2D eigenvalue weighted by Crippen LogP contribution is -2.05. The highest BCUT2D eigenvalue weighted by Crippen LogP contribution is 2.26. The minimum Gasteiger partial charge on any atom is -0.340 e. The molecule has 0 aliphatic heterocycles. The van der Waals surface area contributed by atoms with Crippen LogP contribution in [0.25, 0.3) is 5.78 Å². The molecule has 0 aliphatic rings. The van der Waals surface area contributed by atoms with Crippen molar-refractivity contribution >= 4 is 28.9 Å². The van der Waals surface area contributed by atoms with Crippen molar-refractivity contribution in [2.24, 2.45) is 0 Å². The van der Waals surface area contributed by atoms with Gasteiger partial charge in [-0.15, -0.1) is 0 Å². The van der Waals surface area contributed by atoms with Gasteiger partial charge in [0.25, 0.3) is 5.78 Å². The summed E-state index contributed by atoms with van der Waals surface area (Å²) < 4.78 is 1.65. The molecule has 6 heteroatoms. The summed E-state index contributed by atoms with van der Waals surface area (Å²) in [7, 11) is 0. The summed E-state index contributed by atoms with van der Waals surface area (Å²) in [4.78, 5) is 8.24. The van der Waals surface area contributed by atoms with E-state index in [1.807, 2.05) is 38.1 Å². The van der Waals surface area contributed by atoms with Gasteiger partial charge in [0.2, 0.25) is 0 Å². The van der Waals surface area contributed by atoms with Gasteiger partial charge in [0.15, 0.2) is 0 Å². The first-order valence-electron chi connectivity index (χ1n) is 5.85. The monoisotopic (exact) mass is 273 g/mol. The van der Waals surface area contributed by atoms with E-state index < -0.39 is 0 Å². The first kappa shape index (κ1) is 11.9. The summed E-state index contributed by atoms with van der Waals surface area (Å²) in [5.41, 5.74) is 2.98. The molecule has 0 radical (unpaired) electrons.